The molecule has 3 unspecified atom stereocenters. The second-order valence-corrected chi connectivity index (χ2v) is 8.60. The minimum Gasteiger partial charge on any atom is -0.307 e. The standard InChI is InChI=1S/C16H23NO2S/c1-20(18,19)14-7-4-6-13(11-14)17-16-10-9-12-5-2-3-8-15(12)16/h2-3,5,8,13-14,16-17H,4,6-7,9-11H2,1H3. The Labute approximate surface area is 121 Å². The summed E-state index contributed by atoms with van der Waals surface area (Å²) in [6, 6.07) is 9.36. The van der Waals surface area contributed by atoms with Crippen molar-refractivity contribution in [2.75, 3.05) is 6.26 Å². The highest BCUT2D eigenvalue weighted by Crippen LogP contribution is 2.33. The quantitative estimate of drug-likeness (QED) is 0.932. The van der Waals surface area contributed by atoms with Crippen LogP contribution in [0.15, 0.2) is 24.3 Å². The molecule has 4 heteroatoms. The maximum absolute atomic E-state index is 11.7. The summed E-state index contributed by atoms with van der Waals surface area (Å²) in [6.45, 7) is 0. The topological polar surface area (TPSA) is 46.2 Å². The summed E-state index contributed by atoms with van der Waals surface area (Å²) in [7, 11) is -2.89. The lowest BCUT2D eigenvalue weighted by Crippen LogP contribution is -2.40. The summed E-state index contributed by atoms with van der Waals surface area (Å²) >= 11 is 0. The van der Waals surface area contributed by atoms with Crippen molar-refractivity contribution in [3.8, 4) is 0 Å². The number of fused-ring (bicyclic) bond motifs is 1. The molecule has 0 aromatic heterocycles. The summed E-state index contributed by atoms with van der Waals surface area (Å²) in [5, 5.41) is 3.56. The second-order valence-electron chi connectivity index (χ2n) is 6.27. The van der Waals surface area contributed by atoms with E-state index in [2.05, 4.69) is 29.6 Å². The van der Waals surface area contributed by atoms with Crippen molar-refractivity contribution < 1.29 is 8.42 Å². The molecule has 1 saturated carbocycles. The Hall–Kier alpha value is -0.870. The third-order valence-electron chi connectivity index (χ3n) is 4.80. The second kappa shape index (κ2) is 5.49. The Bertz CT molecular complexity index is 582. The van der Waals surface area contributed by atoms with E-state index >= 15 is 0 Å². The van der Waals surface area contributed by atoms with Gasteiger partial charge in [-0.3, -0.25) is 0 Å². The van der Waals surface area contributed by atoms with Gasteiger partial charge in [0.05, 0.1) is 5.25 Å². The van der Waals surface area contributed by atoms with E-state index in [1.165, 1.54) is 17.4 Å². The van der Waals surface area contributed by atoms with Gasteiger partial charge < -0.3 is 5.32 Å². The predicted molar refractivity (Wildman–Crippen MR) is 81.5 cm³/mol. The Kier molecular flexibility index (Phi) is 3.87. The van der Waals surface area contributed by atoms with Crippen molar-refractivity contribution in [1.29, 1.82) is 0 Å². The zero-order valence-corrected chi connectivity index (χ0v) is 12.8. The Morgan fingerprint density at radius 1 is 1.15 bits per heavy atom. The largest absolute Gasteiger partial charge is 0.307 e. The number of aryl methyl sites for hydroxylation is 1. The Balaban J connectivity index is 1.67. The third kappa shape index (κ3) is 2.91. The molecule has 3 atom stereocenters. The van der Waals surface area contributed by atoms with Crippen molar-refractivity contribution in [2.45, 2.75) is 55.9 Å². The number of hydrogen-bond acceptors (Lipinski definition) is 3. The van der Waals surface area contributed by atoms with Crippen LogP contribution in [0.2, 0.25) is 0 Å². The molecule has 3 rings (SSSR count). The zero-order chi connectivity index (χ0) is 14.2. The third-order valence-corrected chi connectivity index (χ3v) is 6.44. The fourth-order valence-electron chi connectivity index (χ4n) is 3.70. The van der Waals surface area contributed by atoms with E-state index in [1.54, 1.807) is 0 Å². The van der Waals surface area contributed by atoms with Gasteiger partial charge in [-0.1, -0.05) is 30.7 Å². The molecular formula is C16H23NO2S. The van der Waals surface area contributed by atoms with E-state index in [0.29, 0.717) is 12.1 Å². The van der Waals surface area contributed by atoms with E-state index in [4.69, 9.17) is 0 Å². The van der Waals surface area contributed by atoms with Crippen LogP contribution in [-0.2, 0) is 16.3 Å². The van der Waals surface area contributed by atoms with Gasteiger partial charge in [0.15, 0.2) is 0 Å². The Morgan fingerprint density at radius 2 is 1.95 bits per heavy atom. The van der Waals surface area contributed by atoms with Gasteiger partial charge >= 0.3 is 0 Å². The van der Waals surface area contributed by atoms with Crippen LogP contribution in [0.5, 0.6) is 0 Å². The van der Waals surface area contributed by atoms with Gasteiger partial charge in [-0.15, -0.1) is 0 Å². The van der Waals surface area contributed by atoms with Gasteiger partial charge in [0, 0.05) is 18.3 Å². The number of sulfone groups is 1. The number of nitrogens with one attached hydrogen (secondary N) is 1. The number of rotatable bonds is 3. The highest BCUT2D eigenvalue weighted by atomic mass is 32.2. The van der Waals surface area contributed by atoms with Gasteiger partial charge in [0.25, 0.3) is 0 Å². The molecule has 2 aliphatic carbocycles. The average Bonchev–Trinajstić information content (AvgIpc) is 2.82. The van der Waals surface area contributed by atoms with Gasteiger partial charge in [-0.25, -0.2) is 8.42 Å². The molecule has 2 aliphatic rings. The van der Waals surface area contributed by atoms with Crippen LogP contribution in [-0.4, -0.2) is 26.0 Å². The van der Waals surface area contributed by atoms with E-state index in [1.807, 2.05) is 0 Å². The lowest BCUT2D eigenvalue weighted by molar-refractivity contribution is 0.337. The van der Waals surface area contributed by atoms with Crippen LogP contribution in [0.25, 0.3) is 0 Å². The summed E-state index contributed by atoms with van der Waals surface area (Å²) in [5.74, 6) is 0. The molecule has 0 radical (unpaired) electrons. The van der Waals surface area contributed by atoms with Gasteiger partial charge in [-0.2, -0.15) is 0 Å². The molecule has 0 aliphatic heterocycles. The maximum atomic E-state index is 11.7. The molecule has 1 aromatic rings. The number of benzene rings is 1. The van der Waals surface area contributed by atoms with Crippen LogP contribution in [0.4, 0.5) is 0 Å². The minimum absolute atomic E-state index is 0.148. The molecule has 20 heavy (non-hydrogen) atoms. The first kappa shape index (κ1) is 14.1. The average molecular weight is 293 g/mol. The van der Waals surface area contributed by atoms with E-state index in [9.17, 15) is 8.42 Å². The summed E-state index contributed by atoms with van der Waals surface area (Å²) < 4.78 is 23.5. The zero-order valence-electron chi connectivity index (χ0n) is 12.0. The first-order chi connectivity index (χ1) is 9.54. The molecule has 3 nitrogen and oxygen atoms in total. The van der Waals surface area contributed by atoms with Crippen LogP contribution in [0, 0.1) is 0 Å². The molecule has 1 aromatic carbocycles. The molecular weight excluding hydrogens is 270 g/mol. The predicted octanol–water partition coefficient (Wildman–Crippen LogP) is 2.62. The van der Waals surface area contributed by atoms with E-state index in [0.717, 1.165) is 38.5 Å². The lowest BCUT2D eigenvalue weighted by atomic mass is 9.93. The SMILES string of the molecule is CS(=O)(=O)C1CCCC(NC2CCc3ccccc32)C1. The first-order valence-electron chi connectivity index (χ1n) is 7.57. The maximum Gasteiger partial charge on any atom is 0.150 e. The lowest BCUT2D eigenvalue weighted by Gasteiger charge is -2.31. The normalized spacial score (nSPS) is 30.1. The van der Waals surface area contributed by atoms with Crippen molar-refractivity contribution in [2.24, 2.45) is 0 Å². The summed E-state index contributed by atoms with van der Waals surface area (Å²) in [5.41, 5.74) is 2.86. The highest BCUT2D eigenvalue weighted by molar-refractivity contribution is 7.91. The molecule has 0 saturated heterocycles. The molecule has 110 valence electrons. The first-order valence-corrected chi connectivity index (χ1v) is 9.52. The van der Waals surface area contributed by atoms with Crippen LogP contribution in [0.1, 0.15) is 49.3 Å². The van der Waals surface area contributed by atoms with Gasteiger partial charge in [-0.05, 0) is 43.2 Å². The van der Waals surface area contributed by atoms with E-state index in [-0.39, 0.29) is 5.25 Å². The molecule has 0 bridgehead atoms. The van der Waals surface area contributed by atoms with Gasteiger partial charge in [0.1, 0.15) is 9.84 Å². The van der Waals surface area contributed by atoms with Crippen LogP contribution < -0.4 is 5.32 Å². The molecule has 0 spiro atoms. The van der Waals surface area contributed by atoms with Gasteiger partial charge in [0.2, 0.25) is 0 Å². The minimum atomic E-state index is -2.89. The van der Waals surface area contributed by atoms with E-state index < -0.39 is 9.84 Å². The fraction of sp³-hybridized carbons (Fsp3) is 0.625. The van der Waals surface area contributed by atoms with Crippen LogP contribution >= 0.6 is 0 Å². The summed E-state index contributed by atoms with van der Waals surface area (Å²) in [4.78, 5) is 0. The number of hydrogen-bond donors (Lipinski definition) is 1. The monoisotopic (exact) mass is 293 g/mol. The van der Waals surface area contributed by atoms with Crippen molar-refractivity contribution >= 4 is 9.84 Å². The highest BCUT2D eigenvalue weighted by Gasteiger charge is 2.31. The molecule has 0 amide bonds. The van der Waals surface area contributed by atoms with Crippen LogP contribution in [0.3, 0.4) is 0 Å². The van der Waals surface area contributed by atoms with Crippen molar-refractivity contribution in [3.05, 3.63) is 35.4 Å². The fourth-order valence-corrected chi connectivity index (χ4v) is 4.88. The van der Waals surface area contributed by atoms with Crippen molar-refractivity contribution in [1.82, 2.24) is 5.32 Å². The molecule has 1 fully saturated rings. The van der Waals surface area contributed by atoms with Crippen molar-refractivity contribution in [3.63, 3.8) is 0 Å². The molecule has 1 N–H and O–H groups in total. The summed E-state index contributed by atoms with van der Waals surface area (Å²) in [6.07, 6.45) is 7.38. The smallest absolute Gasteiger partial charge is 0.150 e. The Morgan fingerprint density at radius 3 is 2.75 bits per heavy atom. The molecule has 0 heterocycles.